The number of fused-ring (bicyclic) bond motifs is 4. The highest BCUT2D eigenvalue weighted by Crippen LogP contribution is 2.41. The van der Waals surface area contributed by atoms with Crippen LogP contribution in [0, 0.1) is 38.5 Å². The first-order chi connectivity index (χ1) is 37.7. The highest BCUT2D eigenvalue weighted by atomic mass is 35.5. The molecule has 3 aromatic carbocycles. The van der Waals surface area contributed by atoms with E-state index in [9.17, 15) is 27.3 Å². The molecular formula is C59H70ClF3N11O3PS. The number of piperidine rings is 2. The van der Waals surface area contributed by atoms with E-state index in [0.29, 0.717) is 47.6 Å². The quantitative estimate of drug-likeness (QED) is 0.0824. The van der Waals surface area contributed by atoms with E-state index in [1.165, 1.54) is 9.44 Å². The summed E-state index contributed by atoms with van der Waals surface area (Å²) in [7, 11) is 1.48. The summed E-state index contributed by atoms with van der Waals surface area (Å²) in [6.07, 6.45) is -0.741. The number of alkyl halides is 3. The molecule has 4 aliphatic rings. The summed E-state index contributed by atoms with van der Waals surface area (Å²) in [4.78, 5) is 47.1. The summed E-state index contributed by atoms with van der Waals surface area (Å²) in [5.74, 6) is 8.26. The average molecular weight is 1140 g/mol. The number of aromatic nitrogens is 4. The van der Waals surface area contributed by atoms with Crippen molar-refractivity contribution in [3.8, 4) is 16.8 Å². The molecule has 0 bridgehead atoms. The summed E-state index contributed by atoms with van der Waals surface area (Å²) in [5.41, 5.74) is 6.46. The lowest BCUT2D eigenvalue weighted by molar-refractivity contribution is -0.140. The van der Waals surface area contributed by atoms with Crippen LogP contribution in [0.2, 0.25) is 5.02 Å². The summed E-state index contributed by atoms with van der Waals surface area (Å²) in [5, 5.41) is 12.2. The van der Waals surface area contributed by atoms with Crippen molar-refractivity contribution in [2.75, 3.05) is 109 Å². The summed E-state index contributed by atoms with van der Waals surface area (Å²) in [6, 6.07) is 22.1. The fourth-order valence-electron chi connectivity index (χ4n) is 11.7. The standard InChI is InChI=1S/C59H70ClF3N11O3PS/c1-39-40(2)79-58-55(39)56(43-13-15-44(60)16-14-43)64-50(57-66-65-41(3)74(57)58)35-53(75)72-32-30-70(31-33-72)36-42-21-28-71(29-22-42)54(76)37-69-26-23-46(24-27-69)68(5)51-11-8-12-52-49(51)34-47(73(52)38-59(61,62)63)10-9-25-67(4)45-17-19-48(20-18-45)78(6,7)77/h8,11-20,34,42,46,50H,21-33,35-38H2,1-7H3/t50-/m0/s1. The number of aliphatic imine (C=N–C) groups is 1. The zero-order chi connectivity index (χ0) is 55.9. The number of thiophene rings is 1. The molecule has 10 rings (SSSR count). The molecule has 1 atom stereocenters. The lowest BCUT2D eigenvalue weighted by Gasteiger charge is -2.40. The molecule has 6 aromatic rings. The third kappa shape index (κ3) is 12.5. The van der Waals surface area contributed by atoms with Gasteiger partial charge in [-0.25, -0.2) is 0 Å². The van der Waals surface area contributed by atoms with E-state index in [-0.39, 0.29) is 30.8 Å². The van der Waals surface area contributed by atoms with Gasteiger partial charge in [-0.2, -0.15) is 13.2 Å². The van der Waals surface area contributed by atoms with Gasteiger partial charge in [-0.15, -0.1) is 21.5 Å². The second-order valence-corrected chi connectivity index (χ2v) is 27.1. The second kappa shape index (κ2) is 23.3. The van der Waals surface area contributed by atoms with E-state index < -0.39 is 25.9 Å². The Balaban J connectivity index is 0.691. The molecule has 0 spiro atoms. The van der Waals surface area contributed by atoms with Gasteiger partial charge >= 0.3 is 6.18 Å². The third-order valence-corrected chi connectivity index (χ3v) is 19.5. The van der Waals surface area contributed by atoms with E-state index in [1.54, 1.807) is 36.8 Å². The monoisotopic (exact) mass is 1140 g/mol. The van der Waals surface area contributed by atoms with Crippen LogP contribution in [0.5, 0.6) is 0 Å². The molecule has 418 valence electrons. The molecule has 0 N–H and O–H groups in total. The van der Waals surface area contributed by atoms with Crippen LogP contribution in [0.15, 0.2) is 77.8 Å². The largest absolute Gasteiger partial charge is 0.406 e. The van der Waals surface area contributed by atoms with Gasteiger partial charge in [0.1, 0.15) is 30.6 Å². The Morgan fingerprint density at radius 3 is 2.19 bits per heavy atom. The molecule has 0 saturated carbocycles. The van der Waals surface area contributed by atoms with Crippen molar-refractivity contribution >= 4 is 75.2 Å². The molecule has 0 aliphatic carbocycles. The molecule has 0 radical (unpaired) electrons. The van der Waals surface area contributed by atoms with Crippen LogP contribution in [-0.4, -0.2) is 168 Å². The first-order valence-corrected chi connectivity index (χ1v) is 31.1. The van der Waals surface area contributed by atoms with Gasteiger partial charge in [-0.3, -0.25) is 28.9 Å². The molecule has 20 heteroatoms. The predicted octanol–water partition coefficient (Wildman–Crippen LogP) is 9.43. The van der Waals surface area contributed by atoms with Gasteiger partial charge in [0.25, 0.3) is 0 Å². The van der Waals surface area contributed by atoms with Crippen LogP contribution in [0.4, 0.5) is 24.5 Å². The molecule has 3 fully saturated rings. The minimum atomic E-state index is -4.44. The van der Waals surface area contributed by atoms with Gasteiger partial charge in [0.15, 0.2) is 5.82 Å². The number of likely N-dealkylation sites (tertiary alicyclic amines) is 2. The summed E-state index contributed by atoms with van der Waals surface area (Å²) < 4.78 is 58.0. The number of anilines is 2. The van der Waals surface area contributed by atoms with E-state index >= 15 is 0 Å². The van der Waals surface area contributed by atoms with Gasteiger partial charge in [-0.1, -0.05) is 35.7 Å². The van der Waals surface area contributed by atoms with Crippen molar-refractivity contribution < 1.29 is 27.3 Å². The highest BCUT2D eigenvalue weighted by Gasteiger charge is 2.36. The number of piperazine rings is 1. The first-order valence-electron chi connectivity index (χ1n) is 27.3. The van der Waals surface area contributed by atoms with Crippen molar-refractivity contribution in [3.63, 3.8) is 0 Å². The fraction of sp³-hybridized carbons (Fsp3) is 0.475. The first kappa shape index (κ1) is 56.3. The predicted molar refractivity (Wildman–Crippen MR) is 312 cm³/mol. The molecule has 4 aliphatic heterocycles. The van der Waals surface area contributed by atoms with E-state index in [0.717, 1.165) is 127 Å². The number of carbonyl (C=O) groups is 2. The van der Waals surface area contributed by atoms with Crippen LogP contribution in [0.1, 0.15) is 77.1 Å². The maximum Gasteiger partial charge on any atom is 0.406 e. The second-order valence-electron chi connectivity index (χ2n) is 22.2. The molecule has 79 heavy (non-hydrogen) atoms. The van der Waals surface area contributed by atoms with Crippen molar-refractivity contribution in [2.45, 2.75) is 77.7 Å². The lowest BCUT2D eigenvalue weighted by Crippen LogP contribution is -2.51. The maximum atomic E-state index is 14.1. The maximum absolute atomic E-state index is 14.1. The minimum absolute atomic E-state index is 0.0530. The van der Waals surface area contributed by atoms with Crippen LogP contribution >= 0.6 is 30.1 Å². The van der Waals surface area contributed by atoms with E-state index in [4.69, 9.17) is 16.6 Å². The van der Waals surface area contributed by atoms with Crippen molar-refractivity contribution in [1.82, 2.24) is 38.9 Å². The third-order valence-electron chi connectivity index (χ3n) is 16.5. The van der Waals surface area contributed by atoms with Crippen molar-refractivity contribution in [1.29, 1.82) is 0 Å². The molecule has 2 amide bonds. The van der Waals surface area contributed by atoms with E-state index in [2.05, 4.69) is 55.2 Å². The van der Waals surface area contributed by atoms with Gasteiger partial charge in [-0.05, 0) is 132 Å². The summed E-state index contributed by atoms with van der Waals surface area (Å²) >= 11 is 8.00. The van der Waals surface area contributed by atoms with Crippen molar-refractivity contribution in [2.24, 2.45) is 10.9 Å². The molecule has 7 heterocycles. The highest BCUT2D eigenvalue weighted by molar-refractivity contribution is 7.70. The van der Waals surface area contributed by atoms with Gasteiger partial charge < -0.3 is 28.7 Å². The Bertz CT molecular complexity index is 3350. The minimum Gasteiger partial charge on any atom is -0.371 e. The average Bonchev–Trinajstić information content (AvgIpc) is 4.28. The number of nitrogens with zero attached hydrogens (tertiary/aromatic N) is 11. The van der Waals surface area contributed by atoms with Crippen LogP contribution in [0.25, 0.3) is 15.9 Å². The van der Waals surface area contributed by atoms with Crippen molar-refractivity contribution in [3.05, 3.63) is 117 Å². The van der Waals surface area contributed by atoms with Crippen LogP contribution in [-0.2, 0) is 20.7 Å². The van der Waals surface area contributed by atoms with Crippen LogP contribution in [0.3, 0.4) is 0 Å². The van der Waals surface area contributed by atoms with Crippen LogP contribution < -0.4 is 15.1 Å². The number of rotatable bonds is 13. The number of carbonyl (C=O) groups excluding carboxylic acids is 2. The zero-order valence-corrected chi connectivity index (χ0v) is 48.7. The Morgan fingerprint density at radius 2 is 1.52 bits per heavy atom. The molecular weight excluding hydrogens is 1070 g/mol. The summed E-state index contributed by atoms with van der Waals surface area (Å²) in [6.45, 7) is 15.9. The zero-order valence-electron chi connectivity index (χ0n) is 46.2. The number of benzene rings is 3. The Hall–Kier alpha value is -5.96. The number of hydrogen-bond acceptors (Lipinski definition) is 11. The topological polar surface area (TPSA) is 119 Å². The SMILES string of the molecule is Cc1sc2c(c1C)C(c1ccc(Cl)cc1)=N[C@@H](CC(=O)N1CCN(CC3CCN(C(=O)CN4CCC(N(C)c5cccc6c5cc(C#CCN(C)c5ccc(P(C)(C)=O)cc5)n6CC(F)(F)F)CC4)CC3)CC1)c1nnc(C)n1-2. The molecule has 3 aromatic heterocycles. The Labute approximate surface area is 470 Å². The Morgan fingerprint density at radius 1 is 0.835 bits per heavy atom. The van der Waals surface area contributed by atoms with Gasteiger partial charge in [0, 0.05) is 122 Å². The normalized spacial score (nSPS) is 18.0. The lowest BCUT2D eigenvalue weighted by atomic mass is 9.95. The Kier molecular flexibility index (Phi) is 16.6. The van der Waals surface area contributed by atoms with Gasteiger partial charge in [0.2, 0.25) is 11.8 Å². The molecule has 0 unspecified atom stereocenters. The number of hydrogen-bond donors (Lipinski definition) is 0. The number of halogens is 4. The molecule has 3 saturated heterocycles. The smallest absolute Gasteiger partial charge is 0.371 e. The molecule has 14 nitrogen and oxygen atoms in total. The van der Waals surface area contributed by atoms with Gasteiger partial charge in [0.05, 0.1) is 36.4 Å². The fourth-order valence-corrected chi connectivity index (χ4v) is 13.9. The number of amides is 2. The number of aryl methyl sites for hydroxylation is 2. The van der Waals surface area contributed by atoms with E-state index in [1.807, 2.05) is 96.4 Å².